The summed E-state index contributed by atoms with van der Waals surface area (Å²) in [5, 5.41) is 11.5. The minimum Gasteiger partial charge on any atom is -0.382 e. The summed E-state index contributed by atoms with van der Waals surface area (Å²) >= 11 is 0. The number of aryl methyl sites for hydroxylation is 2. The van der Waals surface area contributed by atoms with Crippen LogP contribution in [0.5, 0.6) is 0 Å². The number of nitrogens with zero attached hydrogens (tertiary/aromatic N) is 1. The van der Waals surface area contributed by atoms with Crippen LogP contribution < -0.4 is 5.32 Å². The van der Waals surface area contributed by atoms with Crippen molar-refractivity contribution in [1.82, 2.24) is 10.2 Å². The molecule has 1 aliphatic heterocycles. The summed E-state index contributed by atoms with van der Waals surface area (Å²) in [5.41, 5.74) is 0.737. The van der Waals surface area contributed by atoms with E-state index >= 15 is 0 Å². The molecule has 3 amide bonds. The monoisotopic (exact) mass is 330 g/mol. The van der Waals surface area contributed by atoms with E-state index in [4.69, 9.17) is 5.11 Å². The van der Waals surface area contributed by atoms with Crippen LogP contribution in [0.25, 0.3) is 0 Å². The highest BCUT2D eigenvalue weighted by Crippen LogP contribution is 2.32. The molecule has 23 heavy (non-hydrogen) atoms. The maximum Gasteiger partial charge on any atom is 0.416 e. The van der Waals surface area contributed by atoms with Gasteiger partial charge in [-0.15, -0.1) is 0 Å². The van der Waals surface area contributed by atoms with Gasteiger partial charge in [-0.05, 0) is 31.9 Å². The fourth-order valence-corrected chi connectivity index (χ4v) is 2.70. The summed E-state index contributed by atoms with van der Waals surface area (Å²) in [6.07, 6.45) is -7.68. The zero-order valence-corrected chi connectivity index (χ0v) is 12.9. The lowest BCUT2D eigenvalue weighted by atomic mass is 9.87. The molecule has 1 heterocycles. The Kier molecular flexibility index (Phi) is 4.14. The Bertz CT molecular complexity index is 660. The van der Waals surface area contributed by atoms with E-state index in [1.165, 1.54) is 6.92 Å². The molecule has 1 fully saturated rings. The van der Waals surface area contributed by atoms with Crippen molar-refractivity contribution in [3.8, 4) is 0 Å². The van der Waals surface area contributed by atoms with E-state index in [0.717, 1.165) is 11.1 Å². The van der Waals surface area contributed by atoms with Crippen molar-refractivity contribution in [1.29, 1.82) is 0 Å². The molecule has 2 rings (SSSR count). The number of aliphatic hydroxyl groups is 1. The Morgan fingerprint density at radius 2 is 1.91 bits per heavy atom. The van der Waals surface area contributed by atoms with Gasteiger partial charge in [0.1, 0.15) is 5.54 Å². The summed E-state index contributed by atoms with van der Waals surface area (Å²) < 4.78 is 37.4. The Morgan fingerprint density at radius 3 is 2.43 bits per heavy atom. The highest BCUT2D eigenvalue weighted by atomic mass is 19.4. The van der Waals surface area contributed by atoms with Crippen molar-refractivity contribution < 1.29 is 27.9 Å². The third-order valence-corrected chi connectivity index (χ3v) is 3.93. The number of hydrogen-bond acceptors (Lipinski definition) is 3. The average Bonchev–Trinajstić information content (AvgIpc) is 2.61. The second-order valence-corrected chi connectivity index (χ2v) is 5.85. The lowest BCUT2D eigenvalue weighted by Gasteiger charge is -2.25. The second kappa shape index (κ2) is 5.52. The molecular formula is C15H17F3N2O3. The SMILES string of the molecule is Cc1ccc([C@@]2(C)NC(=O)N(C[C@@H](O)C(F)(F)F)C2=O)c(C)c1. The van der Waals surface area contributed by atoms with Crippen molar-refractivity contribution in [2.24, 2.45) is 0 Å². The number of β-amino-alcohol motifs (C(OH)–C–C–N with tert-alkyl or cyclic N) is 1. The van der Waals surface area contributed by atoms with Gasteiger partial charge in [0.05, 0.1) is 6.54 Å². The molecule has 0 bridgehead atoms. The van der Waals surface area contributed by atoms with Gasteiger partial charge < -0.3 is 10.4 Å². The minimum absolute atomic E-state index is 0.400. The standard InChI is InChI=1S/C15H17F3N2O3/c1-8-4-5-10(9(2)6-8)14(3)12(22)20(13(23)19-14)7-11(21)15(16,17)18/h4-6,11,21H,7H2,1-3H3,(H,19,23)/t11-,14-/m1/s1. The first-order valence-corrected chi connectivity index (χ1v) is 6.93. The van der Waals surface area contributed by atoms with E-state index < -0.39 is 36.3 Å². The topological polar surface area (TPSA) is 69.6 Å². The van der Waals surface area contributed by atoms with Crippen LogP contribution in [-0.4, -0.2) is 40.8 Å². The largest absolute Gasteiger partial charge is 0.416 e. The summed E-state index contributed by atoms with van der Waals surface area (Å²) in [6.45, 7) is 3.92. The van der Waals surface area contributed by atoms with E-state index in [1.807, 2.05) is 13.0 Å². The normalized spacial score (nSPS) is 23.2. The fourth-order valence-electron chi connectivity index (χ4n) is 2.70. The molecule has 2 atom stereocenters. The van der Waals surface area contributed by atoms with Crippen LogP contribution >= 0.6 is 0 Å². The van der Waals surface area contributed by atoms with E-state index in [-0.39, 0.29) is 0 Å². The molecule has 0 aromatic heterocycles. The first kappa shape index (κ1) is 17.3. The van der Waals surface area contributed by atoms with E-state index in [9.17, 15) is 22.8 Å². The third-order valence-electron chi connectivity index (χ3n) is 3.93. The van der Waals surface area contributed by atoms with Crippen LogP contribution in [0.1, 0.15) is 23.6 Å². The van der Waals surface area contributed by atoms with Gasteiger partial charge in [-0.1, -0.05) is 23.8 Å². The number of imide groups is 1. The second-order valence-electron chi connectivity index (χ2n) is 5.85. The molecule has 1 aromatic rings. The molecule has 1 saturated heterocycles. The zero-order valence-electron chi connectivity index (χ0n) is 12.9. The molecule has 0 unspecified atom stereocenters. The molecule has 1 aliphatic rings. The van der Waals surface area contributed by atoms with Gasteiger partial charge in [0.2, 0.25) is 0 Å². The van der Waals surface area contributed by atoms with Gasteiger partial charge in [0.15, 0.2) is 6.10 Å². The maximum absolute atomic E-state index is 12.5. The van der Waals surface area contributed by atoms with Gasteiger partial charge in [-0.3, -0.25) is 9.69 Å². The first-order valence-electron chi connectivity index (χ1n) is 6.93. The van der Waals surface area contributed by atoms with Crippen molar-refractivity contribution in [2.75, 3.05) is 6.54 Å². The van der Waals surface area contributed by atoms with Crippen molar-refractivity contribution in [3.05, 3.63) is 34.9 Å². The van der Waals surface area contributed by atoms with E-state index in [1.54, 1.807) is 19.1 Å². The fraction of sp³-hybridized carbons (Fsp3) is 0.467. The molecule has 8 heteroatoms. The van der Waals surface area contributed by atoms with E-state index in [2.05, 4.69) is 5.32 Å². The molecule has 2 N–H and O–H groups in total. The molecular weight excluding hydrogens is 313 g/mol. The average molecular weight is 330 g/mol. The predicted molar refractivity (Wildman–Crippen MR) is 75.6 cm³/mol. The molecule has 126 valence electrons. The quantitative estimate of drug-likeness (QED) is 0.833. The van der Waals surface area contributed by atoms with Crippen LogP contribution in [0, 0.1) is 13.8 Å². The zero-order chi connectivity index (χ0) is 17.6. The van der Waals surface area contributed by atoms with Gasteiger partial charge >= 0.3 is 12.2 Å². The number of hydrogen-bond donors (Lipinski definition) is 2. The number of benzene rings is 1. The number of rotatable bonds is 3. The van der Waals surface area contributed by atoms with Crippen molar-refractivity contribution in [2.45, 2.75) is 38.6 Å². The van der Waals surface area contributed by atoms with Gasteiger partial charge in [-0.2, -0.15) is 13.2 Å². The van der Waals surface area contributed by atoms with Crippen molar-refractivity contribution >= 4 is 11.9 Å². The van der Waals surface area contributed by atoms with E-state index in [0.29, 0.717) is 10.5 Å². The minimum atomic E-state index is -4.90. The maximum atomic E-state index is 12.5. The summed E-state index contributed by atoms with van der Waals surface area (Å²) in [5.74, 6) is -0.822. The smallest absolute Gasteiger partial charge is 0.382 e. The number of nitrogens with one attached hydrogen (secondary N) is 1. The highest BCUT2D eigenvalue weighted by molar-refractivity contribution is 6.07. The molecule has 5 nitrogen and oxygen atoms in total. The number of aliphatic hydroxyl groups excluding tert-OH is 1. The molecule has 0 aliphatic carbocycles. The van der Waals surface area contributed by atoms with Gasteiger partial charge in [-0.25, -0.2) is 4.79 Å². The number of carbonyl (C=O) groups excluding carboxylic acids is 2. The summed E-state index contributed by atoms with van der Waals surface area (Å²) in [7, 11) is 0. The summed E-state index contributed by atoms with van der Waals surface area (Å²) in [6, 6.07) is 4.26. The number of urea groups is 1. The number of halogens is 3. The van der Waals surface area contributed by atoms with Gasteiger partial charge in [0.25, 0.3) is 5.91 Å². The Labute approximate surface area is 131 Å². The Hall–Kier alpha value is -2.09. The third kappa shape index (κ3) is 3.03. The number of amides is 3. The molecule has 1 aromatic carbocycles. The van der Waals surface area contributed by atoms with Crippen LogP contribution in [0.4, 0.5) is 18.0 Å². The Morgan fingerprint density at radius 1 is 1.30 bits per heavy atom. The Balaban J connectivity index is 2.33. The lowest BCUT2D eigenvalue weighted by molar-refractivity contribution is -0.206. The van der Waals surface area contributed by atoms with Gasteiger partial charge in [0, 0.05) is 0 Å². The molecule has 0 radical (unpaired) electrons. The van der Waals surface area contributed by atoms with Crippen molar-refractivity contribution in [3.63, 3.8) is 0 Å². The molecule has 0 saturated carbocycles. The van der Waals surface area contributed by atoms with Crippen LogP contribution in [-0.2, 0) is 10.3 Å². The number of carbonyl (C=O) groups is 2. The number of alkyl halides is 3. The highest BCUT2D eigenvalue weighted by Gasteiger charge is 2.52. The van der Waals surface area contributed by atoms with Crippen LogP contribution in [0.15, 0.2) is 18.2 Å². The van der Waals surface area contributed by atoms with Crippen LogP contribution in [0.2, 0.25) is 0 Å². The lowest BCUT2D eigenvalue weighted by Crippen LogP contribution is -2.45. The molecule has 0 spiro atoms. The van der Waals surface area contributed by atoms with Crippen LogP contribution in [0.3, 0.4) is 0 Å². The first-order chi connectivity index (χ1) is 10.5. The summed E-state index contributed by atoms with van der Waals surface area (Å²) in [4.78, 5) is 24.8. The predicted octanol–water partition coefficient (Wildman–Crippen LogP) is 1.99.